The highest BCUT2D eigenvalue weighted by atomic mass is 32.2. The van der Waals surface area contributed by atoms with Gasteiger partial charge in [0.25, 0.3) is 0 Å². The molecule has 1 heterocycles. The minimum Gasteiger partial charge on any atom is -0.388 e. The summed E-state index contributed by atoms with van der Waals surface area (Å²) in [5.74, 6) is 3.75. The third kappa shape index (κ3) is 3.14. The number of aliphatic hydroxyl groups is 1. The lowest BCUT2D eigenvalue weighted by molar-refractivity contribution is 0.0603. The normalized spacial score (nSPS) is 44.8. The molecule has 0 radical (unpaired) electrons. The Hall–Kier alpha value is 0.270. The van der Waals surface area contributed by atoms with E-state index in [0.717, 1.165) is 36.3 Å². The van der Waals surface area contributed by atoms with Crippen molar-refractivity contribution in [3.05, 3.63) is 0 Å². The van der Waals surface area contributed by atoms with Gasteiger partial charge in [-0.05, 0) is 43.3 Å². The summed E-state index contributed by atoms with van der Waals surface area (Å²) in [6.45, 7) is 5.52. The van der Waals surface area contributed by atoms with E-state index in [2.05, 4.69) is 19.2 Å². The molecule has 4 atom stereocenters. The fourth-order valence-corrected chi connectivity index (χ4v) is 4.10. The average molecular weight is 243 g/mol. The molecule has 0 aromatic rings. The largest absolute Gasteiger partial charge is 0.388 e. The number of nitrogens with one attached hydrogen (secondary N) is 1. The summed E-state index contributed by atoms with van der Waals surface area (Å²) < 4.78 is 0. The van der Waals surface area contributed by atoms with Crippen LogP contribution < -0.4 is 5.32 Å². The summed E-state index contributed by atoms with van der Waals surface area (Å²) in [6.07, 6.45) is 4.87. The molecule has 1 saturated carbocycles. The van der Waals surface area contributed by atoms with Crippen molar-refractivity contribution < 1.29 is 5.11 Å². The summed E-state index contributed by atoms with van der Waals surface area (Å²) >= 11 is 1.88. The van der Waals surface area contributed by atoms with E-state index in [4.69, 9.17) is 0 Å². The Morgan fingerprint density at radius 1 is 1.31 bits per heavy atom. The van der Waals surface area contributed by atoms with Crippen molar-refractivity contribution in [2.75, 3.05) is 18.1 Å². The van der Waals surface area contributed by atoms with Gasteiger partial charge in [0, 0.05) is 18.3 Å². The highest BCUT2D eigenvalue weighted by molar-refractivity contribution is 7.99. The molecule has 3 heteroatoms. The predicted octanol–water partition coefficient (Wildman–Crippen LogP) is 2.27. The first-order valence-electron chi connectivity index (χ1n) is 6.62. The van der Waals surface area contributed by atoms with Crippen LogP contribution in [0.4, 0.5) is 0 Å². The van der Waals surface area contributed by atoms with Crippen LogP contribution in [0.25, 0.3) is 0 Å². The van der Waals surface area contributed by atoms with Gasteiger partial charge >= 0.3 is 0 Å². The van der Waals surface area contributed by atoms with E-state index in [1.54, 1.807) is 0 Å². The maximum Gasteiger partial charge on any atom is 0.0869 e. The molecule has 0 bridgehead atoms. The van der Waals surface area contributed by atoms with Gasteiger partial charge in [0.15, 0.2) is 0 Å². The molecule has 0 unspecified atom stereocenters. The van der Waals surface area contributed by atoms with Crippen LogP contribution in [-0.2, 0) is 0 Å². The summed E-state index contributed by atoms with van der Waals surface area (Å²) in [5.41, 5.74) is -0.420. The Balaban J connectivity index is 1.74. The molecule has 94 valence electrons. The van der Waals surface area contributed by atoms with Gasteiger partial charge in [0.1, 0.15) is 0 Å². The van der Waals surface area contributed by atoms with E-state index in [-0.39, 0.29) is 0 Å². The van der Waals surface area contributed by atoms with E-state index in [9.17, 15) is 5.11 Å². The van der Waals surface area contributed by atoms with E-state index in [1.807, 2.05) is 11.8 Å². The monoisotopic (exact) mass is 243 g/mol. The zero-order chi connectivity index (χ0) is 11.6. The van der Waals surface area contributed by atoms with Gasteiger partial charge in [0.05, 0.1) is 5.60 Å². The second-order valence-corrected chi connectivity index (χ2v) is 6.98. The number of hydrogen-bond donors (Lipinski definition) is 2. The van der Waals surface area contributed by atoms with Crippen LogP contribution in [0.1, 0.15) is 39.5 Å². The van der Waals surface area contributed by atoms with Crippen molar-refractivity contribution >= 4 is 11.8 Å². The van der Waals surface area contributed by atoms with E-state index >= 15 is 0 Å². The fourth-order valence-electron chi connectivity index (χ4n) is 2.80. The van der Waals surface area contributed by atoms with E-state index in [0.29, 0.717) is 6.04 Å². The third-order valence-electron chi connectivity index (χ3n) is 4.40. The first kappa shape index (κ1) is 12.7. The van der Waals surface area contributed by atoms with Crippen LogP contribution in [0.15, 0.2) is 0 Å². The van der Waals surface area contributed by atoms with Crippen molar-refractivity contribution in [3.8, 4) is 0 Å². The molecule has 2 N–H and O–H groups in total. The maximum atomic E-state index is 10.3. The quantitative estimate of drug-likeness (QED) is 0.797. The molecular weight excluding hydrogens is 218 g/mol. The predicted molar refractivity (Wildman–Crippen MR) is 70.9 cm³/mol. The first-order valence-corrected chi connectivity index (χ1v) is 7.78. The molecule has 1 aliphatic carbocycles. The molecule has 1 saturated heterocycles. The Kier molecular flexibility index (Phi) is 4.20. The molecular formula is C13H25NOS. The molecule has 2 rings (SSSR count). The highest BCUT2D eigenvalue weighted by Gasteiger charge is 2.33. The van der Waals surface area contributed by atoms with Gasteiger partial charge in [0.2, 0.25) is 0 Å². The Labute approximate surface area is 104 Å². The van der Waals surface area contributed by atoms with Gasteiger partial charge in [-0.1, -0.05) is 13.8 Å². The molecule has 2 aliphatic rings. The zero-order valence-electron chi connectivity index (χ0n) is 10.5. The number of thioether (sulfide) groups is 1. The van der Waals surface area contributed by atoms with Crippen LogP contribution in [0.2, 0.25) is 0 Å². The fraction of sp³-hybridized carbons (Fsp3) is 1.00. The Morgan fingerprint density at radius 2 is 2.12 bits per heavy atom. The van der Waals surface area contributed by atoms with E-state index in [1.165, 1.54) is 19.3 Å². The summed E-state index contributed by atoms with van der Waals surface area (Å²) in [4.78, 5) is 0. The lowest BCUT2D eigenvalue weighted by Gasteiger charge is -2.34. The zero-order valence-corrected chi connectivity index (χ0v) is 11.4. The van der Waals surface area contributed by atoms with Crippen molar-refractivity contribution in [1.82, 2.24) is 5.32 Å². The topological polar surface area (TPSA) is 32.3 Å². The molecule has 1 aliphatic heterocycles. The molecule has 2 nitrogen and oxygen atoms in total. The summed E-state index contributed by atoms with van der Waals surface area (Å²) in [5, 5.41) is 13.8. The molecule has 16 heavy (non-hydrogen) atoms. The lowest BCUT2D eigenvalue weighted by Crippen LogP contribution is -2.46. The maximum absolute atomic E-state index is 10.3. The van der Waals surface area contributed by atoms with Gasteiger partial charge in [-0.15, -0.1) is 0 Å². The van der Waals surface area contributed by atoms with Gasteiger partial charge in [-0.2, -0.15) is 11.8 Å². The van der Waals surface area contributed by atoms with Crippen LogP contribution in [0.3, 0.4) is 0 Å². The smallest absolute Gasteiger partial charge is 0.0869 e. The third-order valence-corrected chi connectivity index (χ3v) is 5.63. The van der Waals surface area contributed by atoms with Gasteiger partial charge in [-0.25, -0.2) is 0 Å². The Morgan fingerprint density at radius 3 is 2.75 bits per heavy atom. The van der Waals surface area contributed by atoms with Crippen LogP contribution in [0.5, 0.6) is 0 Å². The molecule has 2 fully saturated rings. The van der Waals surface area contributed by atoms with Crippen molar-refractivity contribution in [2.24, 2.45) is 11.8 Å². The highest BCUT2D eigenvalue weighted by Crippen LogP contribution is 2.31. The van der Waals surface area contributed by atoms with Crippen molar-refractivity contribution in [2.45, 2.75) is 51.2 Å². The molecule has 0 spiro atoms. The minimum atomic E-state index is -0.420. The van der Waals surface area contributed by atoms with Crippen LogP contribution in [0, 0.1) is 11.8 Å². The second-order valence-electron chi connectivity index (χ2n) is 5.87. The Bertz CT molecular complexity index is 228. The summed E-state index contributed by atoms with van der Waals surface area (Å²) in [6, 6.07) is 0.640. The summed E-state index contributed by atoms with van der Waals surface area (Å²) in [7, 11) is 0. The SMILES string of the molecule is C[C@@H]1CC[C@H](NC[C@]2(O)CCSC2)C[C@H]1C. The second kappa shape index (κ2) is 5.28. The van der Waals surface area contributed by atoms with Gasteiger partial charge in [-0.3, -0.25) is 0 Å². The molecule has 0 aromatic carbocycles. The van der Waals surface area contributed by atoms with Gasteiger partial charge < -0.3 is 10.4 Å². The standard InChI is InChI=1S/C13H25NOS/c1-10-3-4-12(7-11(10)2)14-8-13(15)5-6-16-9-13/h10-12,14-15H,3-9H2,1-2H3/t10-,11-,12+,13-/m1/s1. The number of rotatable bonds is 3. The average Bonchev–Trinajstić information content (AvgIpc) is 2.68. The molecule has 0 aromatic heterocycles. The van der Waals surface area contributed by atoms with E-state index < -0.39 is 5.60 Å². The van der Waals surface area contributed by atoms with Crippen LogP contribution in [-0.4, -0.2) is 34.8 Å². The first-order chi connectivity index (χ1) is 7.59. The molecule has 0 amide bonds. The lowest BCUT2D eigenvalue weighted by atomic mass is 9.79. The van der Waals surface area contributed by atoms with Crippen molar-refractivity contribution in [3.63, 3.8) is 0 Å². The van der Waals surface area contributed by atoms with Crippen LogP contribution >= 0.6 is 11.8 Å². The number of hydrogen-bond acceptors (Lipinski definition) is 3. The minimum absolute atomic E-state index is 0.420. The van der Waals surface area contributed by atoms with Crippen molar-refractivity contribution in [1.29, 1.82) is 0 Å².